The summed E-state index contributed by atoms with van der Waals surface area (Å²) < 4.78 is 0. The molecule has 2 fully saturated rings. The molecule has 1 aliphatic heterocycles. The second-order valence-corrected chi connectivity index (χ2v) is 6.35. The largest absolute Gasteiger partial charge is 0.314 e. The third-order valence-electron chi connectivity index (χ3n) is 4.16. The number of rotatable bonds is 5. The Hall–Kier alpha value is -0.0800. The van der Waals surface area contributed by atoms with Gasteiger partial charge < -0.3 is 10.2 Å². The molecule has 0 amide bonds. The van der Waals surface area contributed by atoms with E-state index < -0.39 is 0 Å². The van der Waals surface area contributed by atoms with Gasteiger partial charge in [0.25, 0.3) is 0 Å². The van der Waals surface area contributed by atoms with Crippen molar-refractivity contribution in [2.24, 2.45) is 17.8 Å². The van der Waals surface area contributed by atoms with Crippen LogP contribution >= 0.6 is 0 Å². The highest BCUT2D eigenvalue weighted by Gasteiger charge is 2.32. The number of hydrogen-bond donors (Lipinski definition) is 1. The van der Waals surface area contributed by atoms with Gasteiger partial charge in [-0.15, -0.1) is 0 Å². The standard InChI is InChI=1S/C14H28N2/c1-11(2)10-16-6-4-14(5-7-16)15-9-13-8-12(13)3/h11-15H,4-10H2,1-3H3. The molecule has 0 radical (unpaired) electrons. The number of hydrogen-bond acceptors (Lipinski definition) is 2. The Kier molecular flexibility index (Phi) is 4.26. The van der Waals surface area contributed by atoms with Crippen molar-refractivity contribution in [2.75, 3.05) is 26.2 Å². The zero-order chi connectivity index (χ0) is 11.5. The Labute approximate surface area is 101 Å². The van der Waals surface area contributed by atoms with Crippen LogP contribution in [0.25, 0.3) is 0 Å². The quantitative estimate of drug-likeness (QED) is 0.771. The molecular weight excluding hydrogens is 196 g/mol. The van der Waals surface area contributed by atoms with Crippen LogP contribution in [0.3, 0.4) is 0 Å². The van der Waals surface area contributed by atoms with E-state index in [1.807, 2.05) is 0 Å². The second kappa shape index (κ2) is 5.50. The fourth-order valence-electron chi connectivity index (χ4n) is 2.84. The van der Waals surface area contributed by atoms with E-state index in [1.54, 1.807) is 0 Å². The number of nitrogens with one attached hydrogen (secondary N) is 1. The van der Waals surface area contributed by atoms with Gasteiger partial charge in [-0.1, -0.05) is 20.8 Å². The monoisotopic (exact) mass is 224 g/mol. The molecule has 1 heterocycles. The summed E-state index contributed by atoms with van der Waals surface area (Å²) in [6.07, 6.45) is 4.17. The molecule has 0 bridgehead atoms. The highest BCUT2D eigenvalue weighted by atomic mass is 15.1. The molecule has 2 aliphatic rings. The minimum Gasteiger partial charge on any atom is -0.314 e. The fraction of sp³-hybridized carbons (Fsp3) is 1.00. The van der Waals surface area contributed by atoms with Gasteiger partial charge in [-0.25, -0.2) is 0 Å². The van der Waals surface area contributed by atoms with Crippen LogP contribution in [0.1, 0.15) is 40.0 Å². The maximum atomic E-state index is 3.76. The average molecular weight is 224 g/mol. The molecule has 2 unspecified atom stereocenters. The van der Waals surface area contributed by atoms with Crippen molar-refractivity contribution in [3.8, 4) is 0 Å². The van der Waals surface area contributed by atoms with Crippen LogP contribution in [0.15, 0.2) is 0 Å². The molecule has 0 spiro atoms. The van der Waals surface area contributed by atoms with Crippen LogP contribution in [0.5, 0.6) is 0 Å². The highest BCUT2D eigenvalue weighted by Crippen LogP contribution is 2.36. The van der Waals surface area contributed by atoms with E-state index >= 15 is 0 Å². The predicted molar refractivity (Wildman–Crippen MR) is 69.6 cm³/mol. The number of likely N-dealkylation sites (tertiary alicyclic amines) is 1. The van der Waals surface area contributed by atoms with Gasteiger partial charge in [0.2, 0.25) is 0 Å². The molecule has 2 atom stereocenters. The Morgan fingerprint density at radius 3 is 2.38 bits per heavy atom. The molecule has 16 heavy (non-hydrogen) atoms. The minimum atomic E-state index is 0.802. The first-order valence-corrected chi connectivity index (χ1v) is 7.11. The van der Waals surface area contributed by atoms with Gasteiger partial charge in [-0.3, -0.25) is 0 Å². The molecule has 1 saturated heterocycles. The van der Waals surface area contributed by atoms with Crippen molar-refractivity contribution in [3.05, 3.63) is 0 Å². The van der Waals surface area contributed by atoms with Gasteiger partial charge in [0.05, 0.1) is 0 Å². The summed E-state index contributed by atoms with van der Waals surface area (Å²) in [4.78, 5) is 2.63. The Bertz CT molecular complexity index is 207. The predicted octanol–water partition coefficient (Wildman–Crippen LogP) is 2.35. The molecule has 2 nitrogen and oxygen atoms in total. The van der Waals surface area contributed by atoms with Crippen molar-refractivity contribution < 1.29 is 0 Å². The first-order chi connectivity index (χ1) is 7.65. The van der Waals surface area contributed by atoms with Gasteiger partial charge >= 0.3 is 0 Å². The van der Waals surface area contributed by atoms with Crippen LogP contribution in [-0.4, -0.2) is 37.1 Å². The summed E-state index contributed by atoms with van der Waals surface area (Å²) >= 11 is 0. The normalized spacial score (nSPS) is 32.2. The lowest BCUT2D eigenvalue weighted by molar-refractivity contribution is 0.179. The van der Waals surface area contributed by atoms with Gasteiger partial charge in [0, 0.05) is 12.6 Å². The molecule has 0 aromatic rings. The summed E-state index contributed by atoms with van der Waals surface area (Å²) in [7, 11) is 0. The Balaban J connectivity index is 1.57. The van der Waals surface area contributed by atoms with E-state index in [1.165, 1.54) is 45.4 Å². The molecule has 2 rings (SSSR count). The Morgan fingerprint density at radius 1 is 1.25 bits per heavy atom. The summed E-state index contributed by atoms with van der Waals surface area (Å²) in [5.41, 5.74) is 0. The summed E-state index contributed by atoms with van der Waals surface area (Å²) in [6.45, 7) is 12.2. The van der Waals surface area contributed by atoms with Gasteiger partial charge in [0.1, 0.15) is 0 Å². The average Bonchev–Trinajstić information content (AvgIpc) is 2.93. The van der Waals surface area contributed by atoms with Crippen LogP contribution in [0.2, 0.25) is 0 Å². The van der Waals surface area contributed by atoms with E-state index in [4.69, 9.17) is 0 Å². The van der Waals surface area contributed by atoms with E-state index in [0.717, 1.165) is 23.8 Å². The second-order valence-electron chi connectivity index (χ2n) is 6.35. The number of nitrogens with zero attached hydrogens (tertiary/aromatic N) is 1. The van der Waals surface area contributed by atoms with Crippen LogP contribution in [-0.2, 0) is 0 Å². The van der Waals surface area contributed by atoms with Gasteiger partial charge in [0.15, 0.2) is 0 Å². The molecule has 1 N–H and O–H groups in total. The van der Waals surface area contributed by atoms with E-state index in [9.17, 15) is 0 Å². The molecule has 2 heteroatoms. The Morgan fingerprint density at radius 2 is 1.88 bits per heavy atom. The van der Waals surface area contributed by atoms with Crippen molar-refractivity contribution in [1.82, 2.24) is 10.2 Å². The molecular formula is C14H28N2. The molecule has 0 aromatic carbocycles. The fourth-order valence-corrected chi connectivity index (χ4v) is 2.84. The van der Waals surface area contributed by atoms with Crippen LogP contribution in [0.4, 0.5) is 0 Å². The zero-order valence-corrected chi connectivity index (χ0v) is 11.2. The maximum absolute atomic E-state index is 3.76. The molecule has 0 aromatic heterocycles. The smallest absolute Gasteiger partial charge is 0.00915 e. The lowest BCUT2D eigenvalue weighted by Crippen LogP contribution is -2.44. The van der Waals surface area contributed by atoms with Gasteiger partial charge in [-0.2, -0.15) is 0 Å². The molecule has 94 valence electrons. The SMILES string of the molecule is CC(C)CN1CCC(NCC2CC2C)CC1. The number of piperidine rings is 1. The summed E-state index contributed by atoms with van der Waals surface area (Å²) in [6, 6.07) is 0.802. The lowest BCUT2D eigenvalue weighted by atomic mass is 10.0. The first-order valence-electron chi connectivity index (χ1n) is 7.11. The summed E-state index contributed by atoms with van der Waals surface area (Å²) in [5.74, 6) is 2.80. The van der Waals surface area contributed by atoms with E-state index in [0.29, 0.717) is 0 Å². The maximum Gasteiger partial charge on any atom is 0.00915 e. The molecule has 1 saturated carbocycles. The third kappa shape index (κ3) is 3.74. The van der Waals surface area contributed by atoms with E-state index in [2.05, 4.69) is 31.0 Å². The van der Waals surface area contributed by atoms with Crippen LogP contribution < -0.4 is 5.32 Å². The van der Waals surface area contributed by atoms with Crippen LogP contribution in [0, 0.1) is 17.8 Å². The van der Waals surface area contributed by atoms with Crippen molar-refractivity contribution in [2.45, 2.75) is 46.1 Å². The topological polar surface area (TPSA) is 15.3 Å². The van der Waals surface area contributed by atoms with Gasteiger partial charge in [-0.05, 0) is 56.7 Å². The van der Waals surface area contributed by atoms with Crippen molar-refractivity contribution >= 4 is 0 Å². The van der Waals surface area contributed by atoms with Crippen molar-refractivity contribution in [1.29, 1.82) is 0 Å². The van der Waals surface area contributed by atoms with Crippen molar-refractivity contribution in [3.63, 3.8) is 0 Å². The lowest BCUT2D eigenvalue weighted by Gasteiger charge is -2.33. The molecule has 1 aliphatic carbocycles. The summed E-state index contributed by atoms with van der Waals surface area (Å²) in [5, 5.41) is 3.76. The first kappa shape index (κ1) is 12.4. The minimum absolute atomic E-state index is 0.802. The highest BCUT2D eigenvalue weighted by molar-refractivity contribution is 4.86. The van der Waals surface area contributed by atoms with E-state index in [-0.39, 0.29) is 0 Å². The zero-order valence-electron chi connectivity index (χ0n) is 11.2. The third-order valence-corrected chi connectivity index (χ3v) is 4.16.